The van der Waals surface area contributed by atoms with Crippen molar-refractivity contribution in [2.24, 2.45) is 0 Å². The molecule has 1 N–H and O–H groups in total. The van der Waals surface area contributed by atoms with Crippen molar-refractivity contribution in [3.8, 4) is 5.75 Å². The van der Waals surface area contributed by atoms with E-state index in [0.29, 0.717) is 10.6 Å². The minimum absolute atomic E-state index is 0.0435. The zero-order valence-corrected chi connectivity index (χ0v) is 10.8. The highest BCUT2D eigenvalue weighted by Crippen LogP contribution is 2.35. The molecule has 0 heterocycles. The first-order valence-electron chi connectivity index (χ1n) is 5.15. The number of rotatable bonds is 6. The van der Waals surface area contributed by atoms with E-state index in [1.165, 1.54) is 19.2 Å². The maximum Gasteiger partial charge on any atom is 0.304 e. The summed E-state index contributed by atoms with van der Waals surface area (Å²) in [6.07, 6.45) is -0.0565. The van der Waals surface area contributed by atoms with Crippen LogP contribution in [0.2, 0.25) is 0 Å². The number of hydrogen-bond acceptors (Lipinski definition) is 5. The Hall–Kier alpha value is -1.76. The SMILES string of the molecule is COc1ccc([N+](=O)[O-])c(SC(C)CC(=O)O)c1. The summed E-state index contributed by atoms with van der Waals surface area (Å²) in [5.41, 5.74) is -0.0435. The Morgan fingerprint density at radius 2 is 2.28 bits per heavy atom. The zero-order chi connectivity index (χ0) is 13.7. The largest absolute Gasteiger partial charge is 0.497 e. The monoisotopic (exact) mass is 271 g/mol. The fraction of sp³-hybridized carbons (Fsp3) is 0.364. The summed E-state index contributed by atoms with van der Waals surface area (Å²) in [6.45, 7) is 1.71. The molecule has 0 amide bonds. The van der Waals surface area contributed by atoms with Gasteiger partial charge in [0.2, 0.25) is 0 Å². The summed E-state index contributed by atoms with van der Waals surface area (Å²) >= 11 is 1.15. The number of nitro groups is 1. The van der Waals surface area contributed by atoms with E-state index in [4.69, 9.17) is 9.84 Å². The third-order valence-corrected chi connectivity index (χ3v) is 3.30. The van der Waals surface area contributed by atoms with Gasteiger partial charge in [-0.1, -0.05) is 6.92 Å². The number of carbonyl (C=O) groups is 1. The number of hydrogen-bond donors (Lipinski definition) is 1. The lowest BCUT2D eigenvalue weighted by Crippen LogP contribution is -2.06. The Kier molecular flexibility index (Phi) is 4.96. The van der Waals surface area contributed by atoms with Gasteiger partial charge in [0.15, 0.2) is 0 Å². The van der Waals surface area contributed by atoms with Crippen molar-refractivity contribution in [2.45, 2.75) is 23.5 Å². The van der Waals surface area contributed by atoms with Crippen molar-refractivity contribution in [3.63, 3.8) is 0 Å². The van der Waals surface area contributed by atoms with Crippen LogP contribution in [0.4, 0.5) is 5.69 Å². The van der Waals surface area contributed by atoms with Gasteiger partial charge in [0, 0.05) is 17.4 Å². The quantitative estimate of drug-likeness (QED) is 0.486. The number of carboxylic acid groups (broad SMARTS) is 1. The molecule has 1 unspecified atom stereocenters. The van der Waals surface area contributed by atoms with Gasteiger partial charge >= 0.3 is 5.97 Å². The Morgan fingerprint density at radius 3 is 2.78 bits per heavy atom. The van der Waals surface area contributed by atoms with Crippen molar-refractivity contribution in [1.82, 2.24) is 0 Å². The van der Waals surface area contributed by atoms with Gasteiger partial charge in [0.1, 0.15) is 5.75 Å². The first kappa shape index (κ1) is 14.3. The minimum Gasteiger partial charge on any atom is -0.497 e. The summed E-state index contributed by atoms with van der Waals surface area (Å²) in [5.74, 6) is -0.425. The zero-order valence-electron chi connectivity index (χ0n) is 9.95. The lowest BCUT2D eigenvalue weighted by atomic mass is 10.3. The van der Waals surface area contributed by atoms with Crippen molar-refractivity contribution in [2.75, 3.05) is 7.11 Å². The van der Waals surface area contributed by atoms with Gasteiger partial charge in [-0.25, -0.2) is 0 Å². The highest BCUT2D eigenvalue weighted by molar-refractivity contribution is 8.00. The van der Waals surface area contributed by atoms with Crippen LogP contribution in [0, 0.1) is 10.1 Å². The second-order valence-corrected chi connectivity index (χ2v) is 5.10. The van der Waals surface area contributed by atoms with Crippen LogP contribution in [-0.2, 0) is 4.79 Å². The van der Waals surface area contributed by atoms with Gasteiger partial charge in [0.25, 0.3) is 5.69 Å². The molecule has 0 aromatic heterocycles. The summed E-state index contributed by atoms with van der Waals surface area (Å²) in [6, 6.07) is 4.40. The maximum atomic E-state index is 10.9. The number of nitro benzene ring substituents is 1. The summed E-state index contributed by atoms with van der Waals surface area (Å²) in [4.78, 5) is 21.3. The molecular formula is C11H13NO5S. The molecule has 7 heteroatoms. The van der Waals surface area contributed by atoms with Crippen molar-refractivity contribution < 1.29 is 19.6 Å². The third-order valence-electron chi connectivity index (χ3n) is 2.15. The number of benzene rings is 1. The van der Waals surface area contributed by atoms with Gasteiger partial charge in [0.05, 0.1) is 23.3 Å². The standard InChI is InChI=1S/C11H13NO5S/c1-7(5-11(13)14)18-10-6-8(17-2)3-4-9(10)12(15)16/h3-4,6-7H,5H2,1-2H3,(H,13,14). The van der Waals surface area contributed by atoms with Crippen LogP contribution in [0.15, 0.2) is 23.1 Å². The molecule has 6 nitrogen and oxygen atoms in total. The molecular weight excluding hydrogens is 258 g/mol. The Balaban J connectivity index is 2.96. The van der Waals surface area contributed by atoms with E-state index in [2.05, 4.69) is 0 Å². The topological polar surface area (TPSA) is 89.7 Å². The summed E-state index contributed by atoms with van der Waals surface area (Å²) < 4.78 is 5.00. The molecule has 0 saturated heterocycles. The molecule has 0 aliphatic rings. The highest BCUT2D eigenvalue weighted by Gasteiger charge is 2.18. The Morgan fingerprint density at radius 1 is 1.61 bits per heavy atom. The molecule has 0 fully saturated rings. The highest BCUT2D eigenvalue weighted by atomic mass is 32.2. The van der Waals surface area contributed by atoms with Crippen molar-refractivity contribution in [1.29, 1.82) is 0 Å². The van der Waals surface area contributed by atoms with Crippen LogP contribution in [0.5, 0.6) is 5.75 Å². The molecule has 0 radical (unpaired) electrons. The molecule has 1 atom stereocenters. The molecule has 0 spiro atoms. The molecule has 1 aromatic carbocycles. The molecule has 0 aliphatic carbocycles. The lowest BCUT2D eigenvalue weighted by Gasteiger charge is -2.10. The molecule has 1 aromatic rings. The molecule has 0 bridgehead atoms. The number of nitrogens with zero attached hydrogens (tertiary/aromatic N) is 1. The second-order valence-electron chi connectivity index (χ2n) is 3.62. The number of carboxylic acids is 1. The number of aliphatic carboxylic acids is 1. The van der Waals surface area contributed by atoms with Crippen LogP contribution >= 0.6 is 11.8 Å². The smallest absolute Gasteiger partial charge is 0.304 e. The second kappa shape index (κ2) is 6.25. The van der Waals surface area contributed by atoms with Crippen LogP contribution in [-0.4, -0.2) is 28.4 Å². The Labute approximate surface area is 108 Å². The van der Waals surface area contributed by atoms with Crippen LogP contribution in [0.1, 0.15) is 13.3 Å². The van der Waals surface area contributed by atoms with E-state index in [0.717, 1.165) is 11.8 Å². The molecule has 0 saturated carbocycles. The first-order chi connectivity index (χ1) is 8.43. The maximum absolute atomic E-state index is 10.9. The first-order valence-corrected chi connectivity index (χ1v) is 6.03. The number of ether oxygens (including phenoxy) is 1. The van der Waals surface area contributed by atoms with E-state index in [9.17, 15) is 14.9 Å². The van der Waals surface area contributed by atoms with Crippen LogP contribution < -0.4 is 4.74 Å². The van der Waals surface area contributed by atoms with Gasteiger partial charge < -0.3 is 9.84 Å². The number of thioether (sulfide) groups is 1. The van der Waals surface area contributed by atoms with Gasteiger partial charge in [-0.15, -0.1) is 11.8 Å². The van der Waals surface area contributed by atoms with Gasteiger partial charge in [-0.3, -0.25) is 14.9 Å². The van der Waals surface area contributed by atoms with Crippen molar-refractivity contribution in [3.05, 3.63) is 28.3 Å². The molecule has 98 valence electrons. The average molecular weight is 271 g/mol. The average Bonchev–Trinajstić information content (AvgIpc) is 2.27. The van der Waals surface area contributed by atoms with Crippen molar-refractivity contribution >= 4 is 23.4 Å². The minimum atomic E-state index is -0.930. The van der Waals surface area contributed by atoms with Crippen LogP contribution in [0.3, 0.4) is 0 Å². The predicted octanol–water partition coefficient (Wildman–Crippen LogP) is 2.56. The predicted molar refractivity (Wildman–Crippen MR) is 67.2 cm³/mol. The molecule has 1 rings (SSSR count). The van der Waals surface area contributed by atoms with E-state index in [-0.39, 0.29) is 17.4 Å². The normalized spacial score (nSPS) is 11.9. The lowest BCUT2D eigenvalue weighted by molar-refractivity contribution is -0.387. The third kappa shape index (κ3) is 3.92. The van der Waals surface area contributed by atoms with E-state index in [1.54, 1.807) is 13.0 Å². The van der Waals surface area contributed by atoms with E-state index in [1.807, 2.05) is 0 Å². The fourth-order valence-electron chi connectivity index (χ4n) is 1.37. The van der Waals surface area contributed by atoms with E-state index < -0.39 is 10.9 Å². The number of methoxy groups -OCH3 is 1. The molecule has 0 aliphatic heterocycles. The molecule has 18 heavy (non-hydrogen) atoms. The summed E-state index contributed by atoms with van der Waals surface area (Å²) in [7, 11) is 1.47. The van der Waals surface area contributed by atoms with E-state index >= 15 is 0 Å². The Bertz CT molecular complexity index is 463. The summed E-state index contributed by atoms with van der Waals surface area (Å²) in [5, 5.41) is 19.3. The van der Waals surface area contributed by atoms with Gasteiger partial charge in [-0.2, -0.15) is 0 Å². The van der Waals surface area contributed by atoms with Crippen LogP contribution in [0.25, 0.3) is 0 Å². The van der Waals surface area contributed by atoms with Gasteiger partial charge in [-0.05, 0) is 6.07 Å². The fourth-order valence-corrected chi connectivity index (χ4v) is 2.48.